The molecule has 1 aliphatic rings. The minimum absolute atomic E-state index is 0.395. The summed E-state index contributed by atoms with van der Waals surface area (Å²) in [5, 5.41) is 3.51. The minimum atomic E-state index is 0.395. The maximum atomic E-state index is 5.94. The molecule has 1 aliphatic heterocycles. The van der Waals surface area contributed by atoms with E-state index in [1.54, 1.807) is 0 Å². The van der Waals surface area contributed by atoms with Crippen LogP contribution in [0.25, 0.3) is 0 Å². The Morgan fingerprint density at radius 2 is 1.81 bits per heavy atom. The van der Waals surface area contributed by atoms with Crippen LogP contribution in [-0.4, -0.2) is 25.3 Å². The first kappa shape index (κ1) is 14.0. The van der Waals surface area contributed by atoms with E-state index in [1.807, 2.05) is 0 Å². The van der Waals surface area contributed by atoms with Crippen molar-refractivity contribution >= 4 is 0 Å². The van der Waals surface area contributed by atoms with Gasteiger partial charge in [0.25, 0.3) is 0 Å². The van der Waals surface area contributed by atoms with Crippen molar-refractivity contribution in [2.45, 2.75) is 65.7 Å². The third-order valence-electron chi connectivity index (χ3n) is 4.51. The SMILES string of the molecule is CCC(C)CC(NC)C1C(C)OC(C)C1C. The molecule has 0 aromatic heterocycles. The van der Waals surface area contributed by atoms with Crippen molar-refractivity contribution in [2.75, 3.05) is 7.05 Å². The lowest BCUT2D eigenvalue weighted by Gasteiger charge is -2.30. The maximum absolute atomic E-state index is 5.94. The molecule has 0 bridgehead atoms. The van der Waals surface area contributed by atoms with Gasteiger partial charge in [0, 0.05) is 12.0 Å². The zero-order chi connectivity index (χ0) is 12.3. The topological polar surface area (TPSA) is 21.3 Å². The van der Waals surface area contributed by atoms with Gasteiger partial charge in [0.1, 0.15) is 0 Å². The van der Waals surface area contributed by atoms with E-state index in [-0.39, 0.29) is 0 Å². The Labute approximate surface area is 101 Å². The summed E-state index contributed by atoms with van der Waals surface area (Å²) in [6.07, 6.45) is 3.34. The molecule has 2 nitrogen and oxygen atoms in total. The molecular formula is C14H29NO. The highest BCUT2D eigenvalue weighted by Gasteiger charge is 2.41. The molecule has 6 unspecified atom stereocenters. The van der Waals surface area contributed by atoms with Crippen molar-refractivity contribution in [2.24, 2.45) is 17.8 Å². The summed E-state index contributed by atoms with van der Waals surface area (Å²) in [5.41, 5.74) is 0. The van der Waals surface area contributed by atoms with Crippen molar-refractivity contribution in [3.05, 3.63) is 0 Å². The van der Waals surface area contributed by atoms with Gasteiger partial charge in [-0.2, -0.15) is 0 Å². The van der Waals surface area contributed by atoms with Crippen molar-refractivity contribution in [3.8, 4) is 0 Å². The molecule has 96 valence electrons. The van der Waals surface area contributed by atoms with Gasteiger partial charge in [0.2, 0.25) is 0 Å². The minimum Gasteiger partial charge on any atom is -0.375 e. The highest BCUT2D eigenvalue weighted by atomic mass is 16.5. The number of rotatable bonds is 5. The van der Waals surface area contributed by atoms with Gasteiger partial charge < -0.3 is 10.1 Å². The summed E-state index contributed by atoms with van der Waals surface area (Å²) in [4.78, 5) is 0. The lowest BCUT2D eigenvalue weighted by molar-refractivity contribution is 0.0469. The van der Waals surface area contributed by atoms with Crippen molar-refractivity contribution in [1.82, 2.24) is 5.32 Å². The quantitative estimate of drug-likeness (QED) is 0.779. The third-order valence-corrected chi connectivity index (χ3v) is 4.51. The van der Waals surface area contributed by atoms with Gasteiger partial charge in [0.15, 0.2) is 0 Å². The van der Waals surface area contributed by atoms with E-state index in [0.717, 1.165) is 5.92 Å². The molecule has 16 heavy (non-hydrogen) atoms. The van der Waals surface area contributed by atoms with Crippen LogP contribution >= 0.6 is 0 Å². The van der Waals surface area contributed by atoms with Crippen LogP contribution in [0.2, 0.25) is 0 Å². The van der Waals surface area contributed by atoms with Gasteiger partial charge in [-0.25, -0.2) is 0 Å². The molecular weight excluding hydrogens is 198 g/mol. The van der Waals surface area contributed by atoms with Crippen LogP contribution in [0.15, 0.2) is 0 Å². The lowest BCUT2D eigenvalue weighted by Crippen LogP contribution is -2.41. The molecule has 0 spiro atoms. The van der Waals surface area contributed by atoms with Crippen LogP contribution in [0, 0.1) is 17.8 Å². The predicted octanol–water partition coefficient (Wildman–Crippen LogP) is 3.07. The average Bonchev–Trinajstić information content (AvgIpc) is 2.50. The molecule has 0 aromatic rings. The summed E-state index contributed by atoms with van der Waals surface area (Å²) >= 11 is 0. The fraction of sp³-hybridized carbons (Fsp3) is 1.00. The van der Waals surface area contributed by atoms with E-state index in [2.05, 4.69) is 47.0 Å². The second kappa shape index (κ2) is 6.02. The van der Waals surface area contributed by atoms with Crippen molar-refractivity contribution in [1.29, 1.82) is 0 Å². The summed E-state index contributed by atoms with van der Waals surface area (Å²) in [6.45, 7) is 11.4. The van der Waals surface area contributed by atoms with Gasteiger partial charge in [-0.15, -0.1) is 0 Å². The van der Waals surface area contributed by atoms with Crippen LogP contribution in [0.1, 0.15) is 47.5 Å². The molecule has 1 N–H and O–H groups in total. The zero-order valence-corrected chi connectivity index (χ0v) is 11.8. The Bertz CT molecular complexity index is 207. The second-order valence-corrected chi connectivity index (χ2v) is 5.63. The highest BCUT2D eigenvalue weighted by Crippen LogP contribution is 2.36. The first-order valence-corrected chi connectivity index (χ1v) is 6.83. The molecule has 0 aliphatic carbocycles. The van der Waals surface area contributed by atoms with Gasteiger partial charge in [-0.05, 0) is 39.2 Å². The smallest absolute Gasteiger partial charge is 0.0597 e. The first-order chi connectivity index (χ1) is 7.51. The predicted molar refractivity (Wildman–Crippen MR) is 69.6 cm³/mol. The van der Waals surface area contributed by atoms with E-state index in [4.69, 9.17) is 4.74 Å². The van der Waals surface area contributed by atoms with Gasteiger partial charge in [0.05, 0.1) is 12.2 Å². The lowest BCUT2D eigenvalue weighted by atomic mass is 9.80. The van der Waals surface area contributed by atoms with E-state index in [9.17, 15) is 0 Å². The Hall–Kier alpha value is -0.0800. The van der Waals surface area contributed by atoms with E-state index >= 15 is 0 Å². The maximum Gasteiger partial charge on any atom is 0.0597 e. The van der Waals surface area contributed by atoms with Gasteiger partial charge in [-0.1, -0.05) is 27.2 Å². The Morgan fingerprint density at radius 3 is 2.19 bits per heavy atom. The Morgan fingerprint density at radius 1 is 1.19 bits per heavy atom. The standard InChI is InChI=1S/C14H29NO/c1-7-9(2)8-13(15-6)14-10(3)11(4)16-12(14)5/h9-15H,7-8H2,1-6H3. The summed E-state index contributed by atoms with van der Waals surface area (Å²) < 4.78 is 5.94. The van der Waals surface area contributed by atoms with Crippen LogP contribution < -0.4 is 5.32 Å². The number of ether oxygens (including phenoxy) is 1. The van der Waals surface area contributed by atoms with Crippen LogP contribution in [0.5, 0.6) is 0 Å². The zero-order valence-electron chi connectivity index (χ0n) is 11.8. The molecule has 0 aromatic carbocycles. The highest BCUT2D eigenvalue weighted by molar-refractivity contribution is 4.91. The van der Waals surface area contributed by atoms with E-state index < -0.39 is 0 Å². The van der Waals surface area contributed by atoms with E-state index in [1.165, 1.54) is 12.8 Å². The Kier molecular flexibility index (Phi) is 5.26. The molecule has 0 radical (unpaired) electrons. The van der Waals surface area contributed by atoms with E-state index in [0.29, 0.717) is 30.1 Å². The third kappa shape index (κ3) is 2.98. The molecule has 1 saturated heterocycles. The Balaban J connectivity index is 2.64. The molecule has 6 atom stereocenters. The van der Waals surface area contributed by atoms with Crippen molar-refractivity contribution in [3.63, 3.8) is 0 Å². The largest absolute Gasteiger partial charge is 0.375 e. The van der Waals surface area contributed by atoms with Gasteiger partial charge >= 0.3 is 0 Å². The summed E-state index contributed by atoms with van der Waals surface area (Å²) in [6, 6.07) is 0.602. The molecule has 0 amide bonds. The van der Waals surface area contributed by atoms with Crippen LogP contribution in [-0.2, 0) is 4.74 Å². The first-order valence-electron chi connectivity index (χ1n) is 6.83. The van der Waals surface area contributed by atoms with Crippen LogP contribution in [0.4, 0.5) is 0 Å². The molecule has 2 heteroatoms. The number of hydrogen-bond donors (Lipinski definition) is 1. The molecule has 1 fully saturated rings. The number of nitrogens with one attached hydrogen (secondary N) is 1. The number of hydrogen-bond acceptors (Lipinski definition) is 2. The normalized spacial score (nSPS) is 38.6. The summed E-state index contributed by atoms with van der Waals surface area (Å²) in [7, 11) is 2.09. The summed E-state index contributed by atoms with van der Waals surface area (Å²) in [5.74, 6) is 2.12. The molecule has 1 heterocycles. The molecule has 1 rings (SSSR count). The molecule has 0 saturated carbocycles. The average molecular weight is 227 g/mol. The van der Waals surface area contributed by atoms with Crippen molar-refractivity contribution < 1.29 is 4.74 Å². The fourth-order valence-electron chi connectivity index (χ4n) is 3.05. The van der Waals surface area contributed by atoms with Gasteiger partial charge in [-0.3, -0.25) is 0 Å². The monoisotopic (exact) mass is 227 g/mol. The van der Waals surface area contributed by atoms with Crippen LogP contribution in [0.3, 0.4) is 0 Å². The second-order valence-electron chi connectivity index (χ2n) is 5.63. The fourth-order valence-corrected chi connectivity index (χ4v) is 3.05.